The molecule has 3 N–H and O–H groups in total. The van der Waals surface area contributed by atoms with Gasteiger partial charge in [0.25, 0.3) is 5.91 Å². The summed E-state index contributed by atoms with van der Waals surface area (Å²) in [4.78, 5) is 22.7. The third-order valence-electron chi connectivity index (χ3n) is 8.25. The molecule has 1 aliphatic rings. The molecule has 2 atom stereocenters. The van der Waals surface area contributed by atoms with Crippen molar-refractivity contribution in [3.05, 3.63) is 129 Å². The SMILES string of the molecule is COc1cccc([C@@H]2OC(c3ccc(OCCCO)cc3)=N[C@]2(Cc2ccccc2CN=[N+]=[N-])C(=O)NNCc2ccc(OC)c(OC)c2)c1. The summed E-state index contributed by atoms with van der Waals surface area (Å²) in [6.45, 7) is 0.781. The fourth-order valence-electron chi connectivity index (χ4n) is 5.69. The van der Waals surface area contributed by atoms with Crippen LogP contribution in [0, 0.1) is 0 Å². The van der Waals surface area contributed by atoms with Gasteiger partial charge in [-0.15, -0.1) is 0 Å². The van der Waals surface area contributed by atoms with Crippen LogP contribution in [0.2, 0.25) is 0 Å². The molecule has 0 fully saturated rings. The van der Waals surface area contributed by atoms with Gasteiger partial charge in [0.1, 0.15) is 11.5 Å². The van der Waals surface area contributed by atoms with Crippen molar-refractivity contribution in [1.29, 1.82) is 0 Å². The number of nitrogens with one attached hydrogen (secondary N) is 2. The molecule has 1 heterocycles. The molecule has 13 heteroatoms. The number of amides is 1. The van der Waals surface area contributed by atoms with E-state index >= 15 is 0 Å². The van der Waals surface area contributed by atoms with Crippen LogP contribution in [0.25, 0.3) is 10.4 Å². The molecule has 0 saturated heterocycles. The van der Waals surface area contributed by atoms with E-state index in [-0.39, 0.29) is 32.0 Å². The molecule has 0 unspecified atom stereocenters. The number of rotatable bonds is 17. The highest BCUT2D eigenvalue weighted by Crippen LogP contribution is 2.43. The number of benzene rings is 4. The molecule has 4 aromatic carbocycles. The highest BCUT2D eigenvalue weighted by molar-refractivity contribution is 6.01. The van der Waals surface area contributed by atoms with Gasteiger partial charge in [-0.3, -0.25) is 10.2 Å². The zero-order valence-corrected chi connectivity index (χ0v) is 28.2. The summed E-state index contributed by atoms with van der Waals surface area (Å²) in [5, 5.41) is 12.9. The summed E-state index contributed by atoms with van der Waals surface area (Å²) in [6.07, 6.45) is -0.260. The normalized spacial score (nSPS) is 16.4. The van der Waals surface area contributed by atoms with Gasteiger partial charge in [0.15, 0.2) is 23.1 Å². The third-order valence-corrected chi connectivity index (χ3v) is 8.25. The number of aliphatic hydroxyl groups is 1. The highest BCUT2D eigenvalue weighted by atomic mass is 16.5. The Balaban J connectivity index is 1.56. The van der Waals surface area contributed by atoms with Crippen molar-refractivity contribution in [2.24, 2.45) is 10.1 Å². The molecule has 50 heavy (non-hydrogen) atoms. The minimum Gasteiger partial charge on any atom is -0.497 e. The maximum Gasteiger partial charge on any atom is 0.266 e. The lowest BCUT2D eigenvalue weighted by Crippen LogP contribution is -2.53. The lowest BCUT2D eigenvalue weighted by atomic mass is 9.81. The van der Waals surface area contributed by atoms with Crippen LogP contribution in [0.3, 0.4) is 0 Å². The molecular formula is C37H40N6O7. The first kappa shape index (κ1) is 35.6. The van der Waals surface area contributed by atoms with E-state index in [9.17, 15) is 4.79 Å². The van der Waals surface area contributed by atoms with E-state index in [0.29, 0.717) is 47.2 Å². The van der Waals surface area contributed by atoms with Crippen molar-refractivity contribution in [1.82, 2.24) is 10.9 Å². The summed E-state index contributed by atoms with van der Waals surface area (Å²) in [5.74, 6) is 2.20. The second-order valence-electron chi connectivity index (χ2n) is 11.4. The Morgan fingerprint density at radius 2 is 1.72 bits per heavy atom. The Labute approximate surface area is 290 Å². The minimum atomic E-state index is -1.53. The van der Waals surface area contributed by atoms with Gasteiger partial charge in [0.05, 0.1) is 34.5 Å². The van der Waals surface area contributed by atoms with Crippen molar-refractivity contribution in [3.8, 4) is 23.0 Å². The fourth-order valence-corrected chi connectivity index (χ4v) is 5.69. The predicted molar refractivity (Wildman–Crippen MR) is 187 cm³/mol. The first-order valence-corrected chi connectivity index (χ1v) is 16.0. The monoisotopic (exact) mass is 680 g/mol. The molecule has 0 aromatic heterocycles. The molecule has 260 valence electrons. The average molecular weight is 681 g/mol. The van der Waals surface area contributed by atoms with Crippen LogP contribution >= 0.6 is 0 Å². The number of hydrogen-bond donors (Lipinski definition) is 3. The minimum absolute atomic E-state index is 0.0354. The Morgan fingerprint density at radius 1 is 0.940 bits per heavy atom. The lowest BCUT2D eigenvalue weighted by molar-refractivity contribution is -0.130. The van der Waals surface area contributed by atoms with Crippen molar-refractivity contribution < 1.29 is 33.6 Å². The fraction of sp³-hybridized carbons (Fsp3) is 0.297. The Hall–Kier alpha value is -5.75. The van der Waals surface area contributed by atoms with Gasteiger partial charge in [0.2, 0.25) is 5.90 Å². The number of azide groups is 1. The quantitative estimate of drug-likeness (QED) is 0.0426. The van der Waals surface area contributed by atoms with Crippen molar-refractivity contribution >= 4 is 11.8 Å². The van der Waals surface area contributed by atoms with E-state index in [1.807, 2.05) is 72.8 Å². The van der Waals surface area contributed by atoms with Crippen LogP contribution in [-0.4, -0.2) is 57.0 Å². The molecule has 13 nitrogen and oxygen atoms in total. The van der Waals surface area contributed by atoms with Gasteiger partial charge < -0.3 is 28.8 Å². The number of carbonyl (C=O) groups is 1. The molecule has 0 bridgehead atoms. The average Bonchev–Trinajstić information content (AvgIpc) is 3.55. The van der Waals surface area contributed by atoms with E-state index in [1.165, 1.54) is 0 Å². The van der Waals surface area contributed by atoms with Gasteiger partial charge in [-0.25, -0.2) is 10.4 Å². The van der Waals surface area contributed by atoms with E-state index in [0.717, 1.165) is 16.7 Å². The largest absolute Gasteiger partial charge is 0.497 e. The van der Waals surface area contributed by atoms with Crippen LogP contribution in [0.1, 0.15) is 40.3 Å². The topological polar surface area (TPSA) is 169 Å². The van der Waals surface area contributed by atoms with Gasteiger partial charge in [-0.1, -0.05) is 47.6 Å². The smallest absolute Gasteiger partial charge is 0.266 e. The number of carbonyl (C=O) groups excluding carboxylic acids is 1. The first-order chi connectivity index (χ1) is 24.4. The first-order valence-electron chi connectivity index (χ1n) is 16.0. The highest BCUT2D eigenvalue weighted by Gasteiger charge is 2.53. The number of methoxy groups -OCH3 is 3. The van der Waals surface area contributed by atoms with Crippen LogP contribution in [0.4, 0.5) is 0 Å². The number of hydrogen-bond acceptors (Lipinski definition) is 10. The van der Waals surface area contributed by atoms with Crippen molar-refractivity contribution in [2.75, 3.05) is 34.5 Å². The molecule has 4 aromatic rings. The molecule has 1 amide bonds. The summed E-state index contributed by atoms with van der Waals surface area (Å²) in [5.41, 5.74) is 17.2. The van der Waals surface area contributed by atoms with Gasteiger partial charge in [-0.2, -0.15) is 0 Å². The van der Waals surface area contributed by atoms with Crippen LogP contribution in [0.5, 0.6) is 23.0 Å². The number of hydrazine groups is 1. The zero-order chi connectivity index (χ0) is 35.3. The molecule has 5 rings (SSSR count). The molecule has 0 saturated carbocycles. The summed E-state index contributed by atoms with van der Waals surface area (Å²) >= 11 is 0. The van der Waals surface area contributed by atoms with E-state index < -0.39 is 17.6 Å². The van der Waals surface area contributed by atoms with Crippen molar-refractivity contribution in [2.45, 2.75) is 37.6 Å². The van der Waals surface area contributed by atoms with Crippen LogP contribution in [-0.2, 0) is 29.0 Å². The van der Waals surface area contributed by atoms with E-state index in [1.54, 1.807) is 39.5 Å². The summed E-state index contributed by atoms with van der Waals surface area (Å²) < 4.78 is 28.7. The molecular weight excluding hydrogens is 640 g/mol. The molecule has 0 spiro atoms. The number of aliphatic hydroxyl groups excluding tert-OH is 1. The van der Waals surface area contributed by atoms with Gasteiger partial charge in [0, 0.05) is 36.5 Å². The Bertz CT molecular complexity index is 1840. The van der Waals surface area contributed by atoms with E-state index in [4.69, 9.17) is 39.3 Å². The zero-order valence-electron chi connectivity index (χ0n) is 28.2. The predicted octanol–water partition coefficient (Wildman–Crippen LogP) is 5.60. The maximum atomic E-state index is 14.7. The molecule has 0 radical (unpaired) electrons. The van der Waals surface area contributed by atoms with Crippen LogP contribution in [0.15, 0.2) is 101 Å². The summed E-state index contributed by atoms with van der Waals surface area (Å²) in [7, 11) is 4.70. The number of ether oxygens (including phenoxy) is 5. The van der Waals surface area contributed by atoms with E-state index in [2.05, 4.69) is 20.9 Å². The van der Waals surface area contributed by atoms with Gasteiger partial charge >= 0.3 is 0 Å². The van der Waals surface area contributed by atoms with Crippen molar-refractivity contribution in [3.63, 3.8) is 0 Å². The maximum absolute atomic E-state index is 14.7. The molecule has 0 aliphatic carbocycles. The Morgan fingerprint density at radius 3 is 2.44 bits per heavy atom. The lowest BCUT2D eigenvalue weighted by Gasteiger charge is -2.31. The standard InChI is InChI=1S/C37H40N6O7/c1-46-31-11-6-10-27(21-31)34-37(22-28-8-4-5-9-29(28)24-40-43-38,36(45)42-39-23-25-12-17-32(47-2)33(20-25)48-3)41-35(50-34)26-13-15-30(16-14-26)49-19-7-18-44/h4-6,8-17,20-21,34,39,44H,7,18-19,22-24H2,1-3H3,(H,42,45)/t34-,37-/m0/s1. The number of aliphatic imine (C=N–C) groups is 1. The Kier molecular flexibility index (Phi) is 12.1. The molecule has 1 aliphatic heterocycles. The van der Waals surface area contributed by atoms with Gasteiger partial charge in [-0.05, 0) is 76.3 Å². The second-order valence-corrected chi connectivity index (χ2v) is 11.4. The second kappa shape index (κ2) is 17.1. The summed E-state index contributed by atoms with van der Waals surface area (Å²) in [6, 6.07) is 27.5. The van der Waals surface area contributed by atoms with Crippen LogP contribution < -0.4 is 29.8 Å². The third kappa shape index (κ3) is 8.27. The number of nitrogens with zero attached hydrogens (tertiary/aromatic N) is 4.